The molecule has 0 bridgehead atoms. The third-order valence-electron chi connectivity index (χ3n) is 4.82. The minimum atomic E-state index is -0.694. The molecule has 0 saturated heterocycles. The number of ether oxygens (including phenoxy) is 4. The van der Waals surface area contributed by atoms with Crippen LogP contribution in [0.4, 0.5) is 9.59 Å². The van der Waals surface area contributed by atoms with Crippen molar-refractivity contribution in [2.24, 2.45) is 11.8 Å². The zero-order chi connectivity index (χ0) is 20.8. The summed E-state index contributed by atoms with van der Waals surface area (Å²) in [6.07, 6.45) is 7.80. The quantitative estimate of drug-likeness (QED) is 0.284. The number of rotatable bonds is 12. The highest BCUT2D eigenvalue weighted by atomic mass is 16.8. The van der Waals surface area contributed by atoms with Gasteiger partial charge in [0.15, 0.2) is 0 Å². The molecule has 0 spiro atoms. The molecule has 2 atom stereocenters. The summed E-state index contributed by atoms with van der Waals surface area (Å²) in [5.41, 5.74) is 0. The van der Waals surface area contributed by atoms with Crippen molar-refractivity contribution in [2.75, 3.05) is 13.2 Å². The lowest BCUT2D eigenvalue weighted by Gasteiger charge is -2.29. The number of unbranched alkanes of at least 4 members (excludes halogenated alkanes) is 4. The fraction of sp³-hybridized carbons (Fsp3) is 0.909. The van der Waals surface area contributed by atoms with E-state index in [4.69, 9.17) is 18.9 Å². The fourth-order valence-electron chi connectivity index (χ4n) is 3.22. The summed E-state index contributed by atoms with van der Waals surface area (Å²) in [6.45, 7) is 9.10. The van der Waals surface area contributed by atoms with Gasteiger partial charge in [-0.05, 0) is 43.9 Å². The Kier molecular flexibility index (Phi) is 12.8. The molecule has 0 amide bonds. The molecule has 1 aliphatic rings. The second kappa shape index (κ2) is 14.5. The van der Waals surface area contributed by atoms with E-state index in [0.717, 1.165) is 31.6 Å². The molecule has 1 rings (SSSR count). The van der Waals surface area contributed by atoms with Crippen molar-refractivity contribution >= 4 is 12.3 Å². The van der Waals surface area contributed by atoms with Crippen molar-refractivity contribution in [3.05, 3.63) is 0 Å². The molecule has 0 aromatic carbocycles. The molecule has 1 fully saturated rings. The summed E-state index contributed by atoms with van der Waals surface area (Å²) in [4.78, 5) is 23.7. The molecular weight excluding hydrogens is 360 g/mol. The molecule has 1 saturated carbocycles. The molecule has 0 aromatic rings. The van der Waals surface area contributed by atoms with Crippen LogP contribution in [0.25, 0.3) is 0 Å². The van der Waals surface area contributed by atoms with Gasteiger partial charge in [-0.25, -0.2) is 9.59 Å². The molecule has 164 valence electrons. The van der Waals surface area contributed by atoms with Gasteiger partial charge in [0.05, 0.1) is 13.2 Å². The third-order valence-corrected chi connectivity index (χ3v) is 4.82. The molecule has 2 unspecified atom stereocenters. The Labute approximate surface area is 170 Å². The van der Waals surface area contributed by atoms with Gasteiger partial charge in [-0.2, -0.15) is 0 Å². The van der Waals surface area contributed by atoms with Gasteiger partial charge >= 0.3 is 12.3 Å². The smallest absolute Gasteiger partial charge is 0.434 e. The Balaban J connectivity index is 2.18. The van der Waals surface area contributed by atoms with E-state index in [0.29, 0.717) is 26.1 Å². The first-order valence-electron chi connectivity index (χ1n) is 11.0. The molecule has 0 N–H and O–H groups in total. The molecular formula is C22H40O6. The number of hydrogen-bond donors (Lipinski definition) is 0. The largest absolute Gasteiger partial charge is 0.508 e. The maximum Gasteiger partial charge on any atom is 0.508 e. The molecule has 0 aliphatic heterocycles. The first-order valence-corrected chi connectivity index (χ1v) is 11.0. The normalized spacial score (nSPS) is 19.5. The Morgan fingerprint density at radius 2 is 1.29 bits per heavy atom. The van der Waals surface area contributed by atoms with Gasteiger partial charge in [0.1, 0.15) is 12.2 Å². The van der Waals surface area contributed by atoms with Crippen LogP contribution in [0.15, 0.2) is 0 Å². The van der Waals surface area contributed by atoms with Crippen LogP contribution in [-0.4, -0.2) is 37.7 Å². The van der Waals surface area contributed by atoms with Crippen LogP contribution >= 0.6 is 0 Å². The van der Waals surface area contributed by atoms with Crippen molar-refractivity contribution < 1.29 is 28.5 Å². The van der Waals surface area contributed by atoms with Crippen molar-refractivity contribution in [3.63, 3.8) is 0 Å². The maximum atomic E-state index is 12.0. The zero-order valence-corrected chi connectivity index (χ0v) is 18.2. The minimum Gasteiger partial charge on any atom is -0.434 e. The van der Waals surface area contributed by atoms with Crippen LogP contribution in [0, 0.1) is 11.8 Å². The number of hydrogen-bond acceptors (Lipinski definition) is 6. The van der Waals surface area contributed by atoms with E-state index >= 15 is 0 Å². The summed E-state index contributed by atoms with van der Waals surface area (Å²) in [5, 5.41) is 0. The standard InChI is InChI=1S/C22H40O6/c1-17(2)12-8-6-5-7-11-15-25-21(23)27-19-13-9-10-14-20(19)28-22(24)26-16-18(3)4/h17-20H,5-16H2,1-4H3. The summed E-state index contributed by atoms with van der Waals surface area (Å²) in [7, 11) is 0. The van der Waals surface area contributed by atoms with Crippen LogP contribution < -0.4 is 0 Å². The molecule has 0 aromatic heterocycles. The third kappa shape index (κ3) is 12.1. The van der Waals surface area contributed by atoms with Crippen molar-refractivity contribution in [3.8, 4) is 0 Å². The average Bonchev–Trinajstić information content (AvgIpc) is 2.63. The van der Waals surface area contributed by atoms with Gasteiger partial charge in [-0.15, -0.1) is 0 Å². The Hall–Kier alpha value is -1.46. The van der Waals surface area contributed by atoms with E-state index < -0.39 is 24.5 Å². The lowest BCUT2D eigenvalue weighted by Crippen LogP contribution is -2.38. The molecule has 28 heavy (non-hydrogen) atoms. The van der Waals surface area contributed by atoms with E-state index in [-0.39, 0.29) is 5.92 Å². The van der Waals surface area contributed by atoms with E-state index in [1.165, 1.54) is 25.7 Å². The lowest BCUT2D eigenvalue weighted by molar-refractivity contribution is -0.0723. The lowest BCUT2D eigenvalue weighted by atomic mass is 9.95. The number of carbonyl (C=O) groups is 2. The van der Waals surface area contributed by atoms with Gasteiger partial charge < -0.3 is 18.9 Å². The average molecular weight is 401 g/mol. The van der Waals surface area contributed by atoms with Crippen molar-refractivity contribution in [1.29, 1.82) is 0 Å². The topological polar surface area (TPSA) is 71.1 Å². The molecule has 0 heterocycles. The summed E-state index contributed by atoms with van der Waals surface area (Å²) < 4.78 is 21.0. The first kappa shape index (κ1) is 24.6. The van der Waals surface area contributed by atoms with E-state index in [1.54, 1.807) is 0 Å². The van der Waals surface area contributed by atoms with Gasteiger partial charge in [-0.3, -0.25) is 0 Å². The summed E-state index contributed by atoms with van der Waals surface area (Å²) in [6, 6.07) is 0. The highest BCUT2D eigenvalue weighted by Crippen LogP contribution is 2.25. The van der Waals surface area contributed by atoms with E-state index in [2.05, 4.69) is 13.8 Å². The highest BCUT2D eigenvalue weighted by molar-refractivity contribution is 5.61. The highest BCUT2D eigenvalue weighted by Gasteiger charge is 2.32. The van der Waals surface area contributed by atoms with E-state index in [9.17, 15) is 9.59 Å². The van der Waals surface area contributed by atoms with E-state index in [1.807, 2.05) is 13.8 Å². The van der Waals surface area contributed by atoms with Crippen molar-refractivity contribution in [1.82, 2.24) is 0 Å². The predicted octanol–water partition coefficient (Wildman–Crippen LogP) is 6.26. The van der Waals surface area contributed by atoms with Gasteiger partial charge in [0.25, 0.3) is 0 Å². The maximum absolute atomic E-state index is 12.0. The SMILES string of the molecule is CC(C)CCCCCCCOC(=O)OC1CCCCC1OC(=O)OCC(C)C. The van der Waals surface area contributed by atoms with Gasteiger partial charge in [0.2, 0.25) is 0 Å². The first-order chi connectivity index (χ1) is 13.4. The van der Waals surface area contributed by atoms with Crippen LogP contribution in [-0.2, 0) is 18.9 Å². The molecule has 6 nitrogen and oxygen atoms in total. The molecule has 1 aliphatic carbocycles. The summed E-state index contributed by atoms with van der Waals surface area (Å²) >= 11 is 0. The predicted molar refractivity (Wildman–Crippen MR) is 108 cm³/mol. The van der Waals surface area contributed by atoms with Crippen molar-refractivity contribution in [2.45, 2.75) is 104 Å². The summed E-state index contributed by atoms with van der Waals surface area (Å²) in [5.74, 6) is 1.01. The fourth-order valence-corrected chi connectivity index (χ4v) is 3.22. The second-order valence-corrected chi connectivity index (χ2v) is 8.60. The molecule has 6 heteroatoms. The van der Waals surface area contributed by atoms with Crippen LogP contribution in [0.5, 0.6) is 0 Å². The zero-order valence-electron chi connectivity index (χ0n) is 18.2. The Morgan fingerprint density at radius 3 is 1.86 bits per heavy atom. The monoisotopic (exact) mass is 400 g/mol. The van der Waals surface area contributed by atoms with Gasteiger partial charge in [-0.1, -0.05) is 59.8 Å². The second-order valence-electron chi connectivity index (χ2n) is 8.60. The van der Waals surface area contributed by atoms with Crippen LogP contribution in [0.2, 0.25) is 0 Å². The minimum absolute atomic E-state index is 0.246. The molecule has 0 radical (unpaired) electrons. The van der Waals surface area contributed by atoms with Crippen LogP contribution in [0.1, 0.15) is 91.9 Å². The van der Waals surface area contributed by atoms with Gasteiger partial charge in [0, 0.05) is 0 Å². The Bertz CT molecular complexity index is 435. The van der Waals surface area contributed by atoms with Crippen LogP contribution in [0.3, 0.4) is 0 Å². The Morgan fingerprint density at radius 1 is 0.750 bits per heavy atom. The number of carbonyl (C=O) groups excluding carboxylic acids is 2.